The molecule has 0 aliphatic rings. The topological polar surface area (TPSA) is 41.5 Å². The molecule has 0 bridgehead atoms. The van der Waals surface area contributed by atoms with Gasteiger partial charge in [0.05, 0.1) is 12.7 Å². The van der Waals surface area contributed by atoms with Crippen LogP contribution in [0.2, 0.25) is 0 Å². The van der Waals surface area contributed by atoms with Crippen LogP contribution in [-0.2, 0) is 4.74 Å². The van der Waals surface area contributed by atoms with Crippen molar-refractivity contribution in [3.63, 3.8) is 0 Å². The van der Waals surface area contributed by atoms with E-state index in [0.717, 1.165) is 0 Å². The lowest BCUT2D eigenvalue weighted by Crippen LogP contribution is -2.28. The van der Waals surface area contributed by atoms with Gasteiger partial charge in [-0.2, -0.15) is 0 Å². The first kappa shape index (κ1) is 7.88. The Morgan fingerprint density at radius 3 is 2.50 bits per heavy atom. The summed E-state index contributed by atoms with van der Waals surface area (Å²) in [5, 5.41) is 11.4. The molecule has 3 heteroatoms. The lowest BCUT2D eigenvalue weighted by Gasteiger charge is -2.09. The molecule has 0 saturated heterocycles. The molecule has 50 valence electrons. The van der Waals surface area contributed by atoms with Gasteiger partial charge in [-0.05, 0) is 7.05 Å². The average molecular weight is 119 g/mol. The summed E-state index contributed by atoms with van der Waals surface area (Å²) in [5.41, 5.74) is 0. The fourth-order valence-corrected chi connectivity index (χ4v) is 0.450. The molecule has 8 heavy (non-hydrogen) atoms. The third-order valence-corrected chi connectivity index (χ3v) is 0.969. The van der Waals surface area contributed by atoms with Crippen molar-refractivity contribution in [2.45, 2.75) is 6.10 Å². The van der Waals surface area contributed by atoms with E-state index < -0.39 is 0 Å². The number of aliphatic hydroxyl groups is 1. The Kier molecular flexibility index (Phi) is 4.95. The summed E-state index contributed by atoms with van der Waals surface area (Å²) in [6, 6.07) is 0. The number of nitrogens with one attached hydrogen (secondary N) is 1. The molecule has 0 saturated carbocycles. The van der Waals surface area contributed by atoms with Crippen LogP contribution in [0, 0.1) is 0 Å². The maximum absolute atomic E-state index is 8.49. The van der Waals surface area contributed by atoms with Gasteiger partial charge in [0.15, 0.2) is 0 Å². The van der Waals surface area contributed by atoms with Crippen LogP contribution in [-0.4, -0.2) is 38.5 Å². The maximum Gasteiger partial charge on any atom is 0.0925 e. The lowest BCUT2D eigenvalue weighted by molar-refractivity contribution is 0.0506. The van der Waals surface area contributed by atoms with Crippen molar-refractivity contribution < 1.29 is 9.84 Å². The molecule has 0 aliphatic heterocycles. The van der Waals surface area contributed by atoms with Crippen LogP contribution in [0.3, 0.4) is 0 Å². The van der Waals surface area contributed by atoms with Crippen molar-refractivity contribution in [2.75, 3.05) is 27.3 Å². The smallest absolute Gasteiger partial charge is 0.0925 e. The van der Waals surface area contributed by atoms with Crippen LogP contribution in [0.1, 0.15) is 0 Å². The van der Waals surface area contributed by atoms with E-state index in [9.17, 15) is 0 Å². The van der Waals surface area contributed by atoms with Crippen LogP contribution in [0.5, 0.6) is 0 Å². The monoisotopic (exact) mass is 119 g/mol. The molecule has 0 amide bonds. The highest BCUT2D eigenvalue weighted by atomic mass is 16.5. The van der Waals surface area contributed by atoms with Gasteiger partial charge in [0.2, 0.25) is 0 Å². The van der Waals surface area contributed by atoms with Crippen molar-refractivity contribution in [1.82, 2.24) is 5.32 Å². The van der Waals surface area contributed by atoms with Gasteiger partial charge < -0.3 is 15.2 Å². The first-order valence-corrected chi connectivity index (χ1v) is 2.63. The maximum atomic E-state index is 8.49. The van der Waals surface area contributed by atoms with E-state index in [2.05, 4.69) is 5.32 Å². The van der Waals surface area contributed by atoms with Gasteiger partial charge in [-0.3, -0.25) is 0 Å². The molecule has 0 aliphatic carbocycles. The number of ether oxygens (including phenoxy) is 1. The summed E-state index contributed by atoms with van der Waals surface area (Å²) >= 11 is 0. The van der Waals surface area contributed by atoms with Crippen molar-refractivity contribution >= 4 is 0 Å². The number of hydrogen-bond donors (Lipinski definition) is 2. The zero-order chi connectivity index (χ0) is 6.41. The highest BCUT2D eigenvalue weighted by Crippen LogP contribution is 1.82. The van der Waals surface area contributed by atoms with Crippen molar-refractivity contribution in [2.24, 2.45) is 0 Å². The fourth-order valence-electron chi connectivity index (χ4n) is 0.450. The second-order valence-electron chi connectivity index (χ2n) is 1.60. The highest BCUT2D eigenvalue weighted by molar-refractivity contribution is 4.55. The third kappa shape index (κ3) is 2.96. The Labute approximate surface area is 49.7 Å². The van der Waals surface area contributed by atoms with Crippen LogP contribution < -0.4 is 5.32 Å². The number of methoxy groups -OCH3 is 1. The fraction of sp³-hybridized carbons (Fsp3) is 1.00. The Morgan fingerprint density at radius 2 is 2.38 bits per heavy atom. The standard InChI is InChI=1S/C5H13NO2/c1-6-3-5(4-7)8-2/h5-7H,3-4H2,1-2H3/t5-/m0/s1. The van der Waals surface area contributed by atoms with Crippen LogP contribution >= 0.6 is 0 Å². The zero-order valence-electron chi connectivity index (χ0n) is 5.35. The van der Waals surface area contributed by atoms with E-state index in [-0.39, 0.29) is 12.7 Å². The molecular weight excluding hydrogens is 106 g/mol. The molecule has 1 atom stereocenters. The Morgan fingerprint density at radius 1 is 1.75 bits per heavy atom. The lowest BCUT2D eigenvalue weighted by atomic mass is 10.4. The third-order valence-electron chi connectivity index (χ3n) is 0.969. The molecule has 0 spiro atoms. The SMILES string of the molecule is CNC[C@@H](CO)OC. The van der Waals surface area contributed by atoms with E-state index in [1.807, 2.05) is 7.05 Å². The second kappa shape index (κ2) is 5.03. The molecule has 2 N–H and O–H groups in total. The van der Waals surface area contributed by atoms with E-state index in [1.165, 1.54) is 0 Å². The predicted molar refractivity (Wildman–Crippen MR) is 31.8 cm³/mol. The first-order chi connectivity index (χ1) is 3.85. The summed E-state index contributed by atoms with van der Waals surface area (Å²) < 4.78 is 4.83. The Hall–Kier alpha value is -0.120. The number of hydrogen-bond acceptors (Lipinski definition) is 3. The molecule has 3 nitrogen and oxygen atoms in total. The van der Waals surface area contributed by atoms with E-state index in [4.69, 9.17) is 9.84 Å². The molecule has 0 aromatic carbocycles. The number of rotatable bonds is 4. The highest BCUT2D eigenvalue weighted by Gasteiger charge is 2.00. The normalized spacial score (nSPS) is 13.9. The van der Waals surface area contributed by atoms with Crippen molar-refractivity contribution in [1.29, 1.82) is 0 Å². The Bertz CT molecular complexity index is 45.7. The van der Waals surface area contributed by atoms with E-state index in [0.29, 0.717) is 6.54 Å². The minimum absolute atomic E-state index is 0.0556. The second-order valence-corrected chi connectivity index (χ2v) is 1.60. The summed E-state index contributed by atoms with van der Waals surface area (Å²) in [7, 11) is 3.40. The van der Waals surface area contributed by atoms with Gasteiger partial charge in [0.1, 0.15) is 0 Å². The molecule has 0 heterocycles. The molecule has 0 unspecified atom stereocenters. The number of aliphatic hydroxyl groups excluding tert-OH is 1. The molecule has 0 aromatic heterocycles. The quantitative estimate of drug-likeness (QED) is 0.509. The van der Waals surface area contributed by atoms with Crippen LogP contribution in [0.15, 0.2) is 0 Å². The molecular formula is C5H13NO2. The van der Waals surface area contributed by atoms with Gasteiger partial charge in [-0.1, -0.05) is 0 Å². The molecule has 0 radical (unpaired) electrons. The van der Waals surface area contributed by atoms with Gasteiger partial charge >= 0.3 is 0 Å². The molecule has 0 fully saturated rings. The van der Waals surface area contributed by atoms with Crippen molar-refractivity contribution in [3.05, 3.63) is 0 Å². The minimum atomic E-state index is -0.0556. The van der Waals surface area contributed by atoms with Crippen molar-refractivity contribution in [3.8, 4) is 0 Å². The summed E-state index contributed by atoms with van der Waals surface area (Å²) in [4.78, 5) is 0. The van der Waals surface area contributed by atoms with Gasteiger partial charge in [0.25, 0.3) is 0 Å². The van der Waals surface area contributed by atoms with E-state index >= 15 is 0 Å². The summed E-state index contributed by atoms with van der Waals surface area (Å²) in [6.07, 6.45) is -0.0556. The minimum Gasteiger partial charge on any atom is -0.394 e. The average Bonchev–Trinajstić information content (AvgIpc) is 1.83. The van der Waals surface area contributed by atoms with Crippen LogP contribution in [0.4, 0.5) is 0 Å². The first-order valence-electron chi connectivity index (χ1n) is 2.63. The largest absolute Gasteiger partial charge is 0.394 e. The summed E-state index contributed by atoms with van der Waals surface area (Å²) in [5.74, 6) is 0. The molecule has 0 aromatic rings. The van der Waals surface area contributed by atoms with E-state index in [1.54, 1.807) is 7.11 Å². The number of likely N-dealkylation sites (N-methyl/N-ethyl adjacent to an activating group) is 1. The predicted octanol–water partition coefficient (Wildman–Crippen LogP) is -0.787. The zero-order valence-corrected chi connectivity index (χ0v) is 5.35. The van der Waals surface area contributed by atoms with Gasteiger partial charge in [0, 0.05) is 13.7 Å². The Balaban J connectivity index is 3.07. The molecule has 0 rings (SSSR count). The summed E-state index contributed by atoms with van der Waals surface area (Å²) in [6.45, 7) is 0.782. The van der Waals surface area contributed by atoms with Crippen LogP contribution in [0.25, 0.3) is 0 Å². The van der Waals surface area contributed by atoms with Gasteiger partial charge in [-0.25, -0.2) is 0 Å². The van der Waals surface area contributed by atoms with Gasteiger partial charge in [-0.15, -0.1) is 0 Å².